The van der Waals surface area contributed by atoms with Crippen molar-refractivity contribution >= 4 is 26.0 Å². The fraction of sp³-hybridized carbons (Fsp3) is 0.654. The van der Waals surface area contributed by atoms with Gasteiger partial charge in [0, 0.05) is 51.1 Å². The minimum absolute atomic E-state index is 0.0234. The first-order valence-electron chi connectivity index (χ1n) is 13.7. The largest absolute Gasteiger partial charge is 0.342 e. The van der Waals surface area contributed by atoms with Crippen molar-refractivity contribution in [3.63, 3.8) is 0 Å². The molecule has 2 aliphatic heterocycles. The van der Waals surface area contributed by atoms with E-state index in [9.17, 15) is 21.6 Å². The quantitative estimate of drug-likeness (QED) is 0.441. The van der Waals surface area contributed by atoms with Gasteiger partial charge in [-0.1, -0.05) is 32.9 Å². The second-order valence-corrected chi connectivity index (χ2v) is 14.4. The maximum atomic E-state index is 13.4. The van der Waals surface area contributed by atoms with Gasteiger partial charge in [0.05, 0.1) is 15.7 Å². The average molecular weight is 582 g/mol. The SMILES string of the molecule is CCN(CC)S(=O)(=O)c1ccc(S(=O)(=O)N2CCCC(C(=O)N3CCC(c4nc(C(C)C)no4)CC3)C2)cc1. The van der Waals surface area contributed by atoms with Crippen molar-refractivity contribution in [2.45, 2.75) is 75.0 Å². The summed E-state index contributed by atoms with van der Waals surface area (Å²) >= 11 is 0. The maximum Gasteiger partial charge on any atom is 0.243 e. The molecule has 2 aromatic rings. The fourth-order valence-corrected chi connectivity index (χ4v) is 8.24. The molecule has 1 aromatic carbocycles. The molecular formula is C26H39N5O6S2. The summed E-state index contributed by atoms with van der Waals surface area (Å²) in [6, 6.07) is 5.35. The highest BCUT2D eigenvalue weighted by Crippen LogP contribution is 2.31. The van der Waals surface area contributed by atoms with E-state index >= 15 is 0 Å². The number of carbonyl (C=O) groups is 1. The third kappa shape index (κ3) is 6.21. The Morgan fingerprint density at radius 1 is 1.00 bits per heavy atom. The zero-order valence-corrected chi connectivity index (χ0v) is 24.7. The smallest absolute Gasteiger partial charge is 0.243 e. The third-order valence-corrected chi connectivity index (χ3v) is 11.6. The molecule has 11 nitrogen and oxygen atoms in total. The highest BCUT2D eigenvalue weighted by Gasteiger charge is 2.37. The maximum absolute atomic E-state index is 13.4. The number of rotatable bonds is 9. The standard InChI is InChI=1S/C26H39N5O6S2/c1-5-30(6-2)38(33,34)22-9-11-23(12-10-22)39(35,36)31-15-7-8-21(18-31)26(32)29-16-13-20(14-17-29)25-27-24(19(3)4)28-37-25/h9-12,19-21H,5-8,13-18H2,1-4H3. The molecule has 0 bridgehead atoms. The Kier molecular flexibility index (Phi) is 9.14. The molecular weight excluding hydrogens is 542 g/mol. The van der Waals surface area contributed by atoms with Crippen LogP contribution < -0.4 is 0 Å². The molecule has 216 valence electrons. The molecule has 0 radical (unpaired) electrons. The first kappa shape index (κ1) is 29.6. The molecule has 39 heavy (non-hydrogen) atoms. The summed E-state index contributed by atoms with van der Waals surface area (Å²) in [6.45, 7) is 9.76. The van der Waals surface area contributed by atoms with Crippen LogP contribution in [0.15, 0.2) is 38.6 Å². The number of aromatic nitrogens is 2. The first-order valence-corrected chi connectivity index (χ1v) is 16.6. The van der Waals surface area contributed by atoms with Crippen LogP contribution in [0.2, 0.25) is 0 Å². The molecule has 1 unspecified atom stereocenters. The lowest BCUT2D eigenvalue weighted by molar-refractivity contribution is -0.137. The molecule has 1 amide bonds. The topological polar surface area (TPSA) is 134 Å². The van der Waals surface area contributed by atoms with Gasteiger partial charge in [-0.15, -0.1) is 0 Å². The molecule has 0 spiro atoms. The van der Waals surface area contributed by atoms with Crippen LogP contribution in [0, 0.1) is 5.92 Å². The van der Waals surface area contributed by atoms with Gasteiger partial charge in [0.2, 0.25) is 31.8 Å². The summed E-state index contributed by atoms with van der Waals surface area (Å²) in [5.41, 5.74) is 0. The molecule has 2 saturated heterocycles. The summed E-state index contributed by atoms with van der Waals surface area (Å²) in [7, 11) is -7.56. The van der Waals surface area contributed by atoms with Gasteiger partial charge in [-0.2, -0.15) is 13.6 Å². The third-order valence-electron chi connectivity index (χ3n) is 7.67. The molecule has 3 heterocycles. The van der Waals surface area contributed by atoms with E-state index in [1.165, 1.54) is 32.9 Å². The molecule has 2 fully saturated rings. The van der Waals surface area contributed by atoms with E-state index in [-0.39, 0.29) is 34.1 Å². The predicted molar refractivity (Wildman–Crippen MR) is 145 cm³/mol. The predicted octanol–water partition coefficient (Wildman–Crippen LogP) is 3.03. The number of benzene rings is 1. The Morgan fingerprint density at radius 3 is 2.18 bits per heavy atom. The van der Waals surface area contributed by atoms with E-state index in [1.54, 1.807) is 13.8 Å². The number of hydrogen-bond donors (Lipinski definition) is 0. The van der Waals surface area contributed by atoms with Crippen molar-refractivity contribution in [3.8, 4) is 0 Å². The van der Waals surface area contributed by atoms with E-state index in [1.807, 2.05) is 18.7 Å². The molecule has 0 aliphatic carbocycles. The molecule has 0 N–H and O–H groups in total. The number of carbonyl (C=O) groups excluding carboxylic acids is 1. The number of sulfonamides is 2. The van der Waals surface area contributed by atoms with Crippen molar-refractivity contribution in [1.29, 1.82) is 0 Å². The second kappa shape index (κ2) is 12.0. The Bertz CT molecular complexity index is 1350. The minimum Gasteiger partial charge on any atom is -0.342 e. The number of amides is 1. The van der Waals surface area contributed by atoms with Crippen molar-refractivity contribution in [1.82, 2.24) is 23.7 Å². The minimum atomic E-state index is -3.88. The van der Waals surface area contributed by atoms with Gasteiger partial charge in [-0.25, -0.2) is 16.8 Å². The van der Waals surface area contributed by atoms with Crippen LogP contribution in [-0.2, 0) is 24.8 Å². The summed E-state index contributed by atoms with van der Waals surface area (Å²) in [4.78, 5) is 19.8. The molecule has 4 rings (SSSR count). The van der Waals surface area contributed by atoms with Gasteiger partial charge < -0.3 is 9.42 Å². The number of piperidine rings is 2. The molecule has 1 atom stereocenters. The zero-order valence-electron chi connectivity index (χ0n) is 23.1. The first-order chi connectivity index (χ1) is 18.5. The van der Waals surface area contributed by atoms with Gasteiger partial charge in [0.1, 0.15) is 0 Å². The number of likely N-dealkylation sites (tertiary alicyclic amines) is 1. The highest BCUT2D eigenvalue weighted by atomic mass is 32.2. The Balaban J connectivity index is 1.39. The van der Waals surface area contributed by atoms with Crippen LogP contribution in [0.4, 0.5) is 0 Å². The van der Waals surface area contributed by atoms with E-state index < -0.39 is 26.0 Å². The lowest BCUT2D eigenvalue weighted by Gasteiger charge is -2.36. The van der Waals surface area contributed by atoms with E-state index in [0.717, 1.165) is 12.8 Å². The second-order valence-electron chi connectivity index (χ2n) is 10.5. The fourth-order valence-electron chi connectivity index (χ4n) is 5.26. The van der Waals surface area contributed by atoms with Crippen LogP contribution in [0.1, 0.15) is 76.9 Å². The van der Waals surface area contributed by atoms with E-state index in [4.69, 9.17) is 4.52 Å². The van der Waals surface area contributed by atoms with Crippen LogP contribution in [0.5, 0.6) is 0 Å². The van der Waals surface area contributed by atoms with E-state index in [2.05, 4.69) is 10.1 Å². The molecule has 1 aromatic heterocycles. The summed E-state index contributed by atoms with van der Waals surface area (Å²) in [5.74, 6) is 1.17. The molecule has 13 heteroatoms. The van der Waals surface area contributed by atoms with E-state index in [0.29, 0.717) is 57.3 Å². The summed E-state index contributed by atoms with van der Waals surface area (Å²) in [6.07, 6.45) is 2.67. The van der Waals surface area contributed by atoms with Gasteiger partial charge in [-0.05, 0) is 49.9 Å². The highest BCUT2D eigenvalue weighted by molar-refractivity contribution is 7.89. The Hall–Kier alpha value is -2.35. The van der Waals surface area contributed by atoms with Crippen molar-refractivity contribution in [2.24, 2.45) is 5.92 Å². The van der Waals surface area contributed by atoms with Crippen molar-refractivity contribution in [3.05, 3.63) is 36.0 Å². The molecule has 0 saturated carbocycles. The summed E-state index contributed by atoms with van der Waals surface area (Å²) in [5, 5.41) is 4.05. The van der Waals surface area contributed by atoms with Crippen molar-refractivity contribution < 1.29 is 26.2 Å². The molecule has 2 aliphatic rings. The number of nitrogens with zero attached hydrogens (tertiary/aromatic N) is 5. The van der Waals surface area contributed by atoms with Gasteiger partial charge in [0.15, 0.2) is 5.82 Å². The summed E-state index contributed by atoms with van der Waals surface area (Å²) < 4.78 is 60.5. The van der Waals surface area contributed by atoms with Crippen molar-refractivity contribution in [2.75, 3.05) is 39.3 Å². The normalized spacial score (nSPS) is 20.2. The van der Waals surface area contributed by atoms with Gasteiger partial charge in [-0.3, -0.25) is 4.79 Å². The van der Waals surface area contributed by atoms with Crippen LogP contribution in [-0.4, -0.2) is 85.7 Å². The lowest BCUT2D eigenvalue weighted by atomic mass is 9.93. The van der Waals surface area contributed by atoms with Crippen LogP contribution in [0.25, 0.3) is 0 Å². The average Bonchev–Trinajstić information content (AvgIpc) is 3.44. The van der Waals surface area contributed by atoms with Gasteiger partial charge >= 0.3 is 0 Å². The lowest BCUT2D eigenvalue weighted by Crippen LogP contribution is -2.48. The zero-order chi connectivity index (χ0) is 28.4. The van der Waals surface area contributed by atoms with Crippen LogP contribution in [0.3, 0.4) is 0 Å². The Morgan fingerprint density at radius 2 is 1.62 bits per heavy atom. The monoisotopic (exact) mass is 581 g/mol. The van der Waals surface area contributed by atoms with Crippen LogP contribution >= 0.6 is 0 Å². The Labute approximate surface area is 231 Å². The number of hydrogen-bond acceptors (Lipinski definition) is 8. The van der Waals surface area contributed by atoms with Gasteiger partial charge in [0.25, 0.3) is 0 Å².